The molecule has 5 nitrogen and oxygen atoms in total. The van der Waals surface area contributed by atoms with Gasteiger partial charge in [0.1, 0.15) is 12.4 Å². The van der Waals surface area contributed by atoms with Crippen LogP contribution in [0.5, 0.6) is 0 Å². The van der Waals surface area contributed by atoms with Crippen molar-refractivity contribution in [1.29, 1.82) is 0 Å². The Labute approximate surface area is 145 Å². The van der Waals surface area contributed by atoms with E-state index in [0.717, 1.165) is 11.0 Å². The second-order valence-electron chi connectivity index (χ2n) is 5.07. The number of hydrogen-bond donors (Lipinski definition) is 0. The molecule has 0 fully saturated rings. The molecule has 1 aliphatic rings. The van der Waals surface area contributed by atoms with Crippen LogP contribution in [0.15, 0.2) is 46.9 Å². The van der Waals surface area contributed by atoms with Gasteiger partial charge in [0.05, 0.1) is 23.2 Å². The number of ether oxygens (including phenoxy) is 1. The standard InChI is InChI=1S/C17H11BrFNO4/c18-10-5-6-13(14(19)9-10)17(23)24-8-7-20-15(21)11-3-1-2-4-12(11)16(20)22/h1-6,9H,7-8H2. The van der Waals surface area contributed by atoms with Crippen LogP contribution in [0.25, 0.3) is 0 Å². The second kappa shape index (κ2) is 6.52. The van der Waals surface area contributed by atoms with Crippen molar-refractivity contribution in [2.24, 2.45) is 0 Å². The summed E-state index contributed by atoms with van der Waals surface area (Å²) < 4.78 is 19.2. The molecule has 0 N–H and O–H groups in total. The van der Waals surface area contributed by atoms with Crippen molar-refractivity contribution in [3.8, 4) is 0 Å². The first-order chi connectivity index (χ1) is 11.5. The Balaban J connectivity index is 1.62. The van der Waals surface area contributed by atoms with E-state index in [1.54, 1.807) is 24.3 Å². The van der Waals surface area contributed by atoms with Gasteiger partial charge in [-0.05, 0) is 30.3 Å². The minimum atomic E-state index is -0.850. The zero-order valence-electron chi connectivity index (χ0n) is 12.3. The summed E-state index contributed by atoms with van der Waals surface area (Å²) in [6.07, 6.45) is 0. The Kier molecular flexibility index (Phi) is 4.44. The van der Waals surface area contributed by atoms with Crippen molar-refractivity contribution < 1.29 is 23.5 Å². The van der Waals surface area contributed by atoms with Crippen molar-refractivity contribution in [3.63, 3.8) is 0 Å². The second-order valence-corrected chi connectivity index (χ2v) is 5.98. The molecule has 122 valence electrons. The van der Waals surface area contributed by atoms with E-state index in [-0.39, 0.29) is 18.7 Å². The van der Waals surface area contributed by atoms with Crippen LogP contribution in [0.2, 0.25) is 0 Å². The number of imide groups is 1. The Hall–Kier alpha value is -2.54. The van der Waals surface area contributed by atoms with Crippen LogP contribution >= 0.6 is 15.9 Å². The van der Waals surface area contributed by atoms with Gasteiger partial charge in [-0.2, -0.15) is 0 Å². The molecule has 0 aliphatic carbocycles. The van der Waals surface area contributed by atoms with E-state index in [1.165, 1.54) is 12.1 Å². The van der Waals surface area contributed by atoms with Crippen LogP contribution in [0, 0.1) is 5.82 Å². The number of rotatable bonds is 4. The Bertz CT molecular complexity index is 817. The lowest BCUT2D eigenvalue weighted by Crippen LogP contribution is -2.33. The lowest BCUT2D eigenvalue weighted by atomic mass is 10.1. The molecule has 0 aromatic heterocycles. The summed E-state index contributed by atoms with van der Waals surface area (Å²) in [6, 6.07) is 10.4. The van der Waals surface area contributed by atoms with E-state index < -0.39 is 23.6 Å². The van der Waals surface area contributed by atoms with Crippen molar-refractivity contribution in [3.05, 3.63) is 69.4 Å². The maximum absolute atomic E-state index is 13.7. The highest BCUT2D eigenvalue weighted by Crippen LogP contribution is 2.22. The first kappa shape index (κ1) is 16.3. The maximum Gasteiger partial charge on any atom is 0.341 e. The van der Waals surface area contributed by atoms with Crippen molar-refractivity contribution >= 4 is 33.7 Å². The zero-order valence-corrected chi connectivity index (χ0v) is 13.9. The lowest BCUT2D eigenvalue weighted by Gasteiger charge is -2.14. The smallest absolute Gasteiger partial charge is 0.341 e. The molecule has 0 saturated heterocycles. The van der Waals surface area contributed by atoms with Gasteiger partial charge < -0.3 is 4.74 Å². The van der Waals surface area contributed by atoms with Gasteiger partial charge in [0.25, 0.3) is 11.8 Å². The minimum absolute atomic E-state index is 0.0871. The number of carbonyl (C=O) groups excluding carboxylic acids is 3. The molecule has 2 amide bonds. The third-order valence-electron chi connectivity index (χ3n) is 3.58. The number of benzene rings is 2. The van der Waals surface area contributed by atoms with Gasteiger partial charge in [-0.1, -0.05) is 28.1 Å². The molecule has 1 aliphatic heterocycles. The molecule has 24 heavy (non-hydrogen) atoms. The number of fused-ring (bicyclic) bond motifs is 1. The topological polar surface area (TPSA) is 63.7 Å². The SMILES string of the molecule is O=C(OCCN1C(=O)c2ccccc2C1=O)c1ccc(Br)cc1F. The van der Waals surface area contributed by atoms with E-state index in [9.17, 15) is 18.8 Å². The van der Waals surface area contributed by atoms with Gasteiger partial charge in [0.15, 0.2) is 0 Å². The number of esters is 1. The summed E-state index contributed by atoms with van der Waals surface area (Å²) in [6.45, 7) is -0.296. The lowest BCUT2D eigenvalue weighted by molar-refractivity contribution is 0.0416. The van der Waals surface area contributed by atoms with Crippen molar-refractivity contribution in [1.82, 2.24) is 4.90 Å². The third kappa shape index (κ3) is 2.94. The molecular formula is C17H11BrFNO4. The molecular weight excluding hydrogens is 381 g/mol. The molecule has 2 aromatic carbocycles. The monoisotopic (exact) mass is 391 g/mol. The molecule has 2 aromatic rings. The van der Waals surface area contributed by atoms with Crippen LogP contribution in [-0.4, -0.2) is 35.8 Å². The highest BCUT2D eigenvalue weighted by molar-refractivity contribution is 9.10. The Morgan fingerprint density at radius 1 is 1.08 bits per heavy atom. The predicted octanol–water partition coefficient (Wildman–Crippen LogP) is 3.04. The van der Waals surface area contributed by atoms with Gasteiger partial charge in [0.2, 0.25) is 0 Å². The molecule has 0 bridgehead atoms. The molecule has 0 atom stereocenters. The van der Waals surface area contributed by atoms with Crippen molar-refractivity contribution in [2.45, 2.75) is 0 Å². The quantitative estimate of drug-likeness (QED) is 0.593. The van der Waals surface area contributed by atoms with E-state index in [1.807, 2.05) is 0 Å². The normalized spacial score (nSPS) is 13.2. The van der Waals surface area contributed by atoms with E-state index >= 15 is 0 Å². The average molecular weight is 392 g/mol. The van der Waals surface area contributed by atoms with Gasteiger partial charge in [0, 0.05) is 4.47 Å². The number of amides is 2. The highest BCUT2D eigenvalue weighted by Gasteiger charge is 2.34. The van der Waals surface area contributed by atoms with Gasteiger partial charge in [-0.25, -0.2) is 9.18 Å². The Morgan fingerprint density at radius 2 is 1.71 bits per heavy atom. The summed E-state index contributed by atoms with van der Waals surface area (Å²) in [5.41, 5.74) is 0.445. The maximum atomic E-state index is 13.7. The molecule has 0 saturated carbocycles. The summed E-state index contributed by atoms with van der Waals surface area (Å²) in [4.78, 5) is 37.2. The zero-order chi connectivity index (χ0) is 17.3. The number of halogens is 2. The first-order valence-electron chi connectivity index (χ1n) is 7.06. The van der Waals surface area contributed by atoms with Gasteiger partial charge in [-0.3, -0.25) is 14.5 Å². The minimum Gasteiger partial charge on any atom is -0.460 e. The summed E-state index contributed by atoms with van der Waals surface area (Å²) in [5.74, 6) is -2.42. The molecule has 3 rings (SSSR count). The van der Waals surface area contributed by atoms with Crippen LogP contribution in [0.3, 0.4) is 0 Å². The number of nitrogens with zero attached hydrogens (tertiary/aromatic N) is 1. The summed E-state index contributed by atoms with van der Waals surface area (Å²) in [7, 11) is 0. The number of carbonyl (C=O) groups is 3. The van der Waals surface area contributed by atoms with Gasteiger partial charge >= 0.3 is 5.97 Å². The average Bonchev–Trinajstić information content (AvgIpc) is 2.80. The molecule has 0 radical (unpaired) electrons. The largest absolute Gasteiger partial charge is 0.460 e. The van der Waals surface area contributed by atoms with Crippen LogP contribution in [0.4, 0.5) is 4.39 Å². The summed E-state index contributed by atoms with van der Waals surface area (Å²) in [5, 5.41) is 0. The van der Waals surface area contributed by atoms with E-state index in [0.29, 0.717) is 15.6 Å². The fourth-order valence-electron chi connectivity index (χ4n) is 2.40. The van der Waals surface area contributed by atoms with Crippen LogP contribution < -0.4 is 0 Å². The van der Waals surface area contributed by atoms with Crippen LogP contribution in [0.1, 0.15) is 31.1 Å². The molecule has 7 heteroatoms. The van der Waals surface area contributed by atoms with E-state index in [4.69, 9.17) is 4.74 Å². The summed E-state index contributed by atoms with van der Waals surface area (Å²) >= 11 is 3.10. The molecule has 0 unspecified atom stereocenters. The van der Waals surface area contributed by atoms with Crippen molar-refractivity contribution in [2.75, 3.05) is 13.2 Å². The van der Waals surface area contributed by atoms with E-state index in [2.05, 4.69) is 15.9 Å². The number of hydrogen-bond acceptors (Lipinski definition) is 4. The fourth-order valence-corrected chi connectivity index (χ4v) is 2.74. The fraction of sp³-hybridized carbons (Fsp3) is 0.118. The van der Waals surface area contributed by atoms with Crippen LogP contribution in [-0.2, 0) is 4.74 Å². The highest BCUT2D eigenvalue weighted by atomic mass is 79.9. The molecule has 0 spiro atoms. The third-order valence-corrected chi connectivity index (χ3v) is 4.07. The Morgan fingerprint density at radius 3 is 2.29 bits per heavy atom. The molecule has 1 heterocycles. The predicted molar refractivity (Wildman–Crippen MR) is 86.2 cm³/mol. The first-order valence-corrected chi connectivity index (χ1v) is 7.85. The van der Waals surface area contributed by atoms with Gasteiger partial charge in [-0.15, -0.1) is 0 Å².